The van der Waals surface area contributed by atoms with Crippen molar-refractivity contribution in [2.45, 2.75) is 64.4 Å². The molecule has 2 aromatic rings. The van der Waals surface area contributed by atoms with Crippen molar-refractivity contribution in [3.05, 3.63) is 58.7 Å². The first-order valence-corrected chi connectivity index (χ1v) is 12.3. The van der Waals surface area contributed by atoms with Gasteiger partial charge < -0.3 is 18.4 Å². The zero-order chi connectivity index (χ0) is 25.3. The van der Waals surface area contributed by atoms with Gasteiger partial charge in [0.2, 0.25) is 0 Å². The molecule has 0 saturated carbocycles. The van der Waals surface area contributed by atoms with E-state index in [0.717, 1.165) is 28.9 Å². The summed E-state index contributed by atoms with van der Waals surface area (Å²) in [5, 5.41) is 0. The van der Waals surface area contributed by atoms with Crippen molar-refractivity contribution in [2.24, 2.45) is 0 Å². The molecule has 0 aliphatic carbocycles. The van der Waals surface area contributed by atoms with Crippen molar-refractivity contribution in [2.75, 3.05) is 13.2 Å². The smallest absolute Gasteiger partial charge is 0.491 e. The molecule has 0 spiro atoms. The van der Waals surface area contributed by atoms with Gasteiger partial charge in [-0.05, 0) is 68.5 Å². The molecule has 0 aromatic heterocycles. The lowest BCUT2D eigenvalue weighted by Gasteiger charge is -2.20. The minimum absolute atomic E-state index is 0.0490. The third-order valence-electron chi connectivity index (χ3n) is 5.59. The third kappa shape index (κ3) is 6.03. The van der Waals surface area contributed by atoms with Crippen LogP contribution in [0.2, 0.25) is 0 Å². The van der Waals surface area contributed by atoms with Crippen molar-refractivity contribution >= 4 is 10.1 Å². The lowest BCUT2D eigenvalue weighted by Crippen LogP contribution is -2.28. The van der Waals surface area contributed by atoms with Gasteiger partial charge in [0, 0.05) is 5.92 Å². The highest BCUT2D eigenvalue weighted by Gasteiger charge is 2.48. The molecule has 2 unspecified atom stereocenters. The van der Waals surface area contributed by atoms with Crippen molar-refractivity contribution in [3.63, 3.8) is 0 Å². The Labute approximate surface area is 198 Å². The molecule has 10 heteroatoms. The molecule has 6 nitrogen and oxygen atoms in total. The highest BCUT2D eigenvalue weighted by molar-refractivity contribution is 7.88. The second-order valence-electron chi connectivity index (χ2n) is 8.76. The summed E-state index contributed by atoms with van der Waals surface area (Å²) in [6, 6.07) is 10.3. The van der Waals surface area contributed by atoms with Gasteiger partial charge in [-0.3, -0.25) is 0 Å². The number of rotatable bonds is 8. The standard InChI is InChI=1S/C24H29F3O6S/c1-6-20(18-8-10-22(16(3)12-18)33-34(28,29)24(25,26)27)17-7-9-21(15(2)11-17)30-13-19-14-31-23(4,5)32-19/h7-12,19-20H,6,13-14H2,1-5H3. The summed E-state index contributed by atoms with van der Waals surface area (Å²) < 4.78 is 82.1. The maximum Gasteiger partial charge on any atom is 0.534 e. The monoisotopic (exact) mass is 502 g/mol. The summed E-state index contributed by atoms with van der Waals surface area (Å²) in [6.45, 7) is 9.98. The van der Waals surface area contributed by atoms with Gasteiger partial charge >= 0.3 is 15.6 Å². The second-order valence-corrected chi connectivity index (χ2v) is 10.3. The van der Waals surface area contributed by atoms with Crippen molar-refractivity contribution in [3.8, 4) is 11.5 Å². The minimum atomic E-state index is -5.72. The van der Waals surface area contributed by atoms with E-state index < -0.39 is 21.4 Å². The number of hydrogen-bond acceptors (Lipinski definition) is 6. The molecule has 3 rings (SSSR count). The van der Waals surface area contributed by atoms with Crippen LogP contribution in [0.1, 0.15) is 55.4 Å². The van der Waals surface area contributed by atoms with E-state index in [1.165, 1.54) is 13.0 Å². The maximum atomic E-state index is 12.6. The largest absolute Gasteiger partial charge is 0.534 e. The summed E-state index contributed by atoms with van der Waals surface area (Å²) in [5.74, 6) is -0.287. The number of hydrogen-bond donors (Lipinski definition) is 0. The average molecular weight is 503 g/mol. The maximum absolute atomic E-state index is 12.6. The van der Waals surface area contributed by atoms with Crippen LogP contribution in [0.5, 0.6) is 11.5 Å². The van der Waals surface area contributed by atoms with Crippen LogP contribution in [0.3, 0.4) is 0 Å². The Kier molecular flexibility index (Phi) is 7.54. The first-order valence-electron chi connectivity index (χ1n) is 10.9. The van der Waals surface area contributed by atoms with Gasteiger partial charge in [-0.1, -0.05) is 31.2 Å². The molecule has 0 radical (unpaired) electrons. The summed E-state index contributed by atoms with van der Waals surface area (Å²) in [4.78, 5) is 0. The third-order valence-corrected chi connectivity index (χ3v) is 6.55. The fourth-order valence-electron chi connectivity index (χ4n) is 3.89. The number of ether oxygens (including phenoxy) is 3. The van der Waals surface area contributed by atoms with E-state index in [4.69, 9.17) is 14.2 Å². The number of benzene rings is 2. The number of halogens is 3. The van der Waals surface area contributed by atoms with E-state index in [-0.39, 0.29) is 17.8 Å². The summed E-state index contributed by atoms with van der Waals surface area (Å²) in [7, 11) is -5.72. The fraction of sp³-hybridized carbons (Fsp3) is 0.500. The molecule has 0 amide bonds. The Balaban J connectivity index is 1.74. The van der Waals surface area contributed by atoms with Gasteiger partial charge in [-0.2, -0.15) is 21.6 Å². The zero-order valence-electron chi connectivity index (χ0n) is 19.7. The average Bonchev–Trinajstić information content (AvgIpc) is 3.07. The number of aryl methyl sites for hydroxylation is 2. The van der Waals surface area contributed by atoms with E-state index in [2.05, 4.69) is 4.18 Å². The molecule has 34 heavy (non-hydrogen) atoms. The first-order chi connectivity index (χ1) is 15.7. The molecule has 1 aliphatic heterocycles. The Morgan fingerprint density at radius 1 is 1.06 bits per heavy atom. The molecule has 1 saturated heterocycles. The Morgan fingerprint density at radius 3 is 2.06 bits per heavy atom. The lowest BCUT2D eigenvalue weighted by atomic mass is 9.87. The van der Waals surface area contributed by atoms with Crippen molar-refractivity contribution in [1.29, 1.82) is 0 Å². The van der Waals surface area contributed by atoms with Crippen LogP contribution in [0.15, 0.2) is 36.4 Å². The van der Waals surface area contributed by atoms with Crippen LogP contribution >= 0.6 is 0 Å². The zero-order valence-corrected chi connectivity index (χ0v) is 20.5. The van der Waals surface area contributed by atoms with Gasteiger partial charge in [0.05, 0.1) is 6.61 Å². The summed E-state index contributed by atoms with van der Waals surface area (Å²) in [5.41, 5.74) is -2.42. The molecular weight excluding hydrogens is 473 g/mol. The minimum Gasteiger partial charge on any atom is -0.491 e. The van der Waals surface area contributed by atoms with Crippen molar-refractivity contribution in [1.82, 2.24) is 0 Å². The molecule has 188 valence electrons. The molecule has 2 aromatic carbocycles. The second kappa shape index (κ2) is 9.75. The fourth-order valence-corrected chi connectivity index (χ4v) is 4.41. The van der Waals surface area contributed by atoms with E-state index >= 15 is 0 Å². The van der Waals surface area contributed by atoms with Crippen LogP contribution in [-0.4, -0.2) is 39.0 Å². The van der Waals surface area contributed by atoms with E-state index in [1.807, 2.05) is 45.9 Å². The van der Waals surface area contributed by atoms with Gasteiger partial charge in [0.1, 0.15) is 24.2 Å². The summed E-state index contributed by atoms with van der Waals surface area (Å²) >= 11 is 0. The predicted molar refractivity (Wildman–Crippen MR) is 120 cm³/mol. The molecule has 1 aliphatic rings. The van der Waals surface area contributed by atoms with E-state index in [9.17, 15) is 21.6 Å². The van der Waals surface area contributed by atoms with Gasteiger partial charge in [-0.25, -0.2) is 0 Å². The molecule has 0 bridgehead atoms. The van der Waals surface area contributed by atoms with Crippen LogP contribution in [-0.2, 0) is 19.6 Å². The van der Waals surface area contributed by atoms with Gasteiger partial charge in [-0.15, -0.1) is 0 Å². The van der Waals surface area contributed by atoms with Gasteiger partial charge in [0.15, 0.2) is 5.79 Å². The van der Waals surface area contributed by atoms with Crippen LogP contribution in [0, 0.1) is 13.8 Å². The summed E-state index contributed by atoms with van der Waals surface area (Å²) in [6.07, 6.45) is 0.574. The van der Waals surface area contributed by atoms with E-state index in [0.29, 0.717) is 18.8 Å². The number of alkyl halides is 3. The molecular formula is C24H29F3O6S. The SMILES string of the molecule is CCC(c1ccc(OCC2COC(C)(C)O2)c(C)c1)c1ccc(OS(=O)(=O)C(F)(F)F)c(C)c1. The Morgan fingerprint density at radius 2 is 1.62 bits per heavy atom. The van der Waals surface area contributed by atoms with E-state index in [1.54, 1.807) is 12.1 Å². The quantitative estimate of drug-likeness (QED) is 0.346. The molecule has 2 atom stereocenters. The highest BCUT2D eigenvalue weighted by Crippen LogP contribution is 2.35. The molecule has 1 fully saturated rings. The normalized spacial score (nSPS) is 19.1. The highest BCUT2D eigenvalue weighted by atomic mass is 32.2. The van der Waals surface area contributed by atoms with Gasteiger partial charge in [0.25, 0.3) is 0 Å². The van der Waals surface area contributed by atoms with Crippen LogP contribution in [0.25, 0.3) is 0 Å². The van der Waals surface area contributed by atoms with Crippen LogP contribution in [0.4, 0.5) is 13.2 Å². The Hall–Kier alpha value is -2.30. The predicted octanol–water partition coefficient (Wildman–Crippen LogP) is 5.60. The molecule has 1 heterocycles. The molecule has 0 N–H and O–H groups in total. The van der Waals surface area contributed by atoms with Crippen molar-refractivity contribution < 1.29 is 40.0 Å². The topological polar surface area (TPSA) is 71.1 Å². The Bertz CT molecular complexity index is 1130. The lowest BCUT2D eigenvalue weighted by molar-refractivity contribution is -0.141. The first kappa shape index (κ1) is 26.3. The van der Waals surface area contributed by atoms with Crippen LogP contribution < -0.4 is 8.92 Å².